The normalized spacial score (nSPS) is 28.5. The van der Waals surface area contributed by atoms with E-state index in [1.54, 1.807) is 6.26 Å². The first-order valence-electron chi connectivity index (χ1n) is 6.82. The predicted octanol–water partition coefficient (Wildman–Crippen LogP) is 1.46. The Morgan fingerprint density at radius 2 is 2.18 bits per heavy atom. The Morgan fingerprint density at radius 1 is 1.47 bits per heavy atom. The lowest BCUT2D eigenvalue weighted by Crippen LogP contribution is -2.58. The SMILES string of the molecule is CCCC1CN(CCS(C)=O)C(C(C)C)CN1. The van der Waals surface area contributed by atoms with E-state index in [2.05, 4.69) is 31.0 Å². The minimum absolute atomic E-state index is 0.603. The van der Waals surface area contributed by atoms with Gasteiger partial charge >= 0.3 is 0 Å². The molecule has 0 aromatic carbocycles. The van der Waals surface area contributed by atoms with Gasteiger partial charge < -0.3 is 5.32 Å². The van der Waals surface area contributed by atoms with Crippen molar-refractivity contribution in [2.75, 3.05) is 31.6 Å². The molecule has 1 aliphatic heterocycles. The molecule has 1 rings (SSSR count). The van der Waals surface area contributed by atoms with Crippen molar-refractivity contribution in [1.29, 1.82) is 0 Å². The van der Waals surface area contributed by atoms with E-state index in [0.29, 0.717) is 18.0 Å². The van der Waals surface area contributed by atoms with E-state index in [1.165, 1.54) is 12.8 Å². The van der Waals surface area contributed by atoms with Gasteiger partial charge in [-0.3, -0.25) is 9.11 Å². The highest BCUT2D eigenvalue weighted by molar-refractivity contribution is 7.84. The molecule has 1 N–H and O–H groups in total. The van der Waals surface area contributed by atoms with E-state index in [-0.39, 0.29) is 0 Å². The summed E-state index contributed by atoms with van der Waals surface area (Å²) in [4.78, 5) is 2.54. The van der Waals surface area contributed by atoms with Crippen LogP contribution in [-0.2, 0) is 10.8 Å². The van der Waals surface area contributed by atoms with Gasteiger partial charge in [0.05, 0.1) is 0 Å². The maximum absolute atomic E-state index is 11.2. The molecule has 0 amide bonds. The molecule has 1 fully saturated rings. The average Bonchev–Trinajstić information content (AvgIpc) is 2.26. The van der Waals surface area contributed by atoms with E-state index in [1.807, 2.05) is 0 Å². The molecule has 4 heteroatoms. The smallest absolute Gasteiger partial charge is 0.0359 e. The number of piperazine rings is 1. The fourth-order valence-corrected chi connectivity index (χ4v) is 3.09. The predicted molar refractivity (Wildman–Crippen MR) is 75.8 cm³/mol. The summed E-state index contributed by atoms with van der Waals surface area (Å²) in [7, 11) is -0.672. The Morgan fingerprint density at radius 3 is 2.71 bits per heavy atom. The summed E-state index contributed by atoms with van der Waals surface area (Å²) in [6.45, 7) is 9.98. The van der Waals surface area contributed by atoms with Gasteiger partial charge in [0.2, 0.25) is 0 Å². The van der Waals surface area contributed by atoms with E-state index < -0.39 is 10.8 Å². The Labute approximate surface area is 109 Å². The van der Waals surface area contributed by atoms with Crippen molar-refractivity contribution in [2.45, 2.75) is 45.7 Å². The average molecular weight is 260 g/mol. The van der Waals surface area contributed by atoms with Crippen molar-refractivity contribution < 1.29 is 4.21 Å². The fraction of sp³-hybridized carbons (Fsp3) is 1.00. The van der Waals surface area contributed by atoms with E-state index >= 15 is 0 Å². The van der Waals surface area contributed by atoms with Gasteiger partial charge in [-0.25, -0.2) is 0 Å². The fourth-order valence-electron chi connectivity index (χ4n) is 2.60. The Kier molecular flexibility index (Phi) is 6.67. The second kappa shape index (κ2) is 7.49. The minimum Gasteiger partial charge on any atom is -0.311 e. The Bertz CT molecular complexity index is 246. The second-order valence-corrected chi connectivity index (χ2v) is 7.03. The van der Waals surface area contributed by atoms with Gasteiger partial charge in [0.25, 0.3) is 0 Å². The second-order valence-electron chi connectivity index (χ2n) is 5.48. The van der Waals surface area contributed by atoms with Crippen molar-refractivity contribution in [1.82, 2.24) is 10.2 Å². The summed E-state index contributed by atoms with van der Waals surface area (Å²) in [5.74, 6) is 1.47. The molecular weight excluding hydrogens is 232 g/mol. The lowest BCUT2D eigenvalue weighted by molar-refractivity contribution is 0.103. The van der Waals surface area contributed by atoms with Gasteiger partial charge in [-0.1, -0.05) is 27.2 Å². The Hall–Kier alpha value is 0.0700. The molecule has 0 spiro atoms. The van der Waals surface area contributed by atoms with Crippen molar-refractivity contribution in [2.24, 2.45) is 5.92 Å². The van der Waals surface area contributed by atoms with Crippen LogP contribution < -0.4 is 5.32 Å². The zero-order valence-corrected chi connectivity index (χ0v) is 12.6. The van der Waals surface area contributed by atoms with Crippen LogP contribution >= 0.6 is 0 Å². The maximum atomic E-state index is 11.2. The summed E-state index contributed by atoms with van der Waals surface area (Å²) in [6, 6.07) is 1.23. The van der Waals surface area contributed by atoms with Crippen molar-refractivity contribution in [3.63, 3.8) is 0 Å². The summed E-state index contributed by atoms with van der Waals surface area (Å²) in [5, 5.41) is 3.65. The topological polar surface area (TPSA) is 32.3 Å². The molecule has 0 aromatic heterocycles. The molecule has 0 aromatic rings. The molecule has 17 heavy (non-hydrogen) atoms. The lowest BCUT2D eigenvalue weighted by atomic mass is 9.97. The van der Waals surface area contributed by atoms with Crippen molar-refractivity contribution in [3.8, 4) is 0 Å². The number of rotatable bonds is 6. The minimum atomic E-state index is -0.672. The summed E-state index contributed by atoms with van der Waals surface area (Å²) in [6.07, 6.45) is 4.28. The lowest BCUT2D eigenvalue weighted by Gasteiger charge is -2.42. The van der Waals surface area contributed by atoms with Gasteiger partial charge in [0.1, 0.15) is 0 Å². The summed E-state index contributed by atoms with van der Waals surface area (Å²) >= 11 is 0. The molecule has 1 heterocycles. The van der Waals surface area contributed by atoms with Crippen LogP contribution in [0.15, 0.2) is 0 Å². The van der Waals surface area contributed by atoms with Crippen LogP contribution in [0.3, 0.4) is 0 Å². The van der Waals surface area contributed by atoms with E-state index in [0.717, 1.165) is 25.4 Å². The molecule has 3 unspecified atom stereocenters. The van der Waals surface area contributed by atoms with Gasteiger partial charge in [0, 0.05) is 54.5 Å². The number of hydrogen-bond acceptors (Lipinski definition) is 3. The van der Waals surface area contributed by atoms with Crippen LogP contribution in [0, 0.1) is 5.92 Å². The van der Waals surface area contributed by atoms with Gasteiger partial charge in [-0.05, 0) is 12.3 Å². The quantitative estimate of drug-likeness (QED) is 0.785. The van der Waals surface area contributed by atoms with E-state index in [4.69, 9.17) is 0 Å². The molecule has 1 saturated heterocycles. The molecule has 1 aliphatic rings. The largest absolute Gasteiger partial charge is 0.311 e. The van der Waals surface area contributed by atoms with Gasteiger partial charge in [-0.15, -0.1) is 0 Å². The highest BCUT2D eigenvalue weighted by Gasteiger charge is 2.28. The first kappa shape index (κ1) is 15.1. The van der Waals surface area contributed by atoms with E-state index in [9.17, 15) is 4.21 Å². The summed E-state index contributed by atoms with van der Waals surface area (Å²) in [5.41, 5.74) is 0. The molecular formula is C13H28N2OS. The maximum Gasteiger partial charge on any atom is 0.0359 e. The molecule has 0 aliphatic carbocycles. The van der Waals surface area contributed by atoms with Gasteiger partial charge in [0.15, 0.2) is 0 Å². The monoisotopic (exact) mass is 260 g/mol. The third-order valence-corrected chi connectivity index (χ3v) is 4.37. The first-order valence-corrected chi connectivity index (χ1v) is 8.54. The number of nitrogens with one attached hydrogen (secondary N) is 1. The van der Waals surface area contributed by atoms with Crippen LogP contribution in [0.5, 0.6) is 0 Å². The van der Waals surface area contributed by atoms with Crippen LogP contribution in [0.1, 0.15) is 33.6 Å². The highest BCUT2D eigenvalue weighted by atomic mass is 32.2. The molecule has 102 valence electrons. The molecule has 0 radical (unpaired) electrons. The molecule has 3 nitrogen and oxygen atoms in total. The third kappa shape index (κ3) is 5.06. The standard InChI is InChI=1S/C13H28N2OS/c1-5-6-12-10-15(7-8-17(4)16)13(9-14-12)11(2)3/h11-14H,5-10H2,1-4H3. The zero-order valence-electron chi connectivity index (χ0n) is 11.7. The van der Waals surface area contributed by atoms with Crippen molar-refractivity contribution in [3.05, 3.63) is 0 Å². The highest BCUT2D eigenvalue weighted by Crippen LogP contribution is 2.16. The first-order chi connectivity index (χ1) is 8.04. The number of nitrogens with zero attached hydrogens (tertiary/aromatic N) is 1. The molecule has 0 bridgehead atoms. The third-order valence-electron chi connectivity index (χ3n) is 3.61. The van der Waals surface area contributed by atoms with Crippen LogP contribution in [-0.4, -0.2) is 52.8 Å². The molecule has 3 atom stereocenters. The van der Waals surface area contributed by atoms with Gasteiger partial charge in [-0.2, -0.15) is 0 Å². The van der Waals surface area contributed by atoms with Crippen LogP contribution in [0.2, 0.25) is 0 Å². The zero-order chi connectivity index (χ0) is 12.8. The number of hydrogen-bond donors (Lipinski definition) is 1. The Balaban J connectivity index is 2.52. The van der Waals surface area contributed by atoms with Crippen molar-refractivity contribution >= 4 is 10.8 Å². The van der Waals surface area contributed by atoms with Crippen LogP contribution in [0.25, 0.3) is 0 Å². The summed E-state index contributed by atoms with van der Waals surface area (Å²) < 4.78 is 11.2. The van der Waals surface area contributed by atoms with Crippen LogP contribution in [0.4, 0.5) is 0 Å². The molecule has 0 saturated carbocycles.